The molecule has 0 aliphatic heterocycles. The van der Waals surface area contributed by atoms with Crippen molar-refractivity contribution in [2.24, 2.45) is 46.3 Å². The van der Waals surface area contributed by atoms with Crippen LogP contribution >= 0.6 is 0 Å². The summed E-state index contributed by atoms with van der Waals surface area (Å²) in [6.45, 7) is 13.6. The van der Waals surface area contributed by atoms with E-state index < -0.39 is 0 Å². The Hall–Kier alpha value is -1.73. The predicted octanol–water partition coefficient (Wildman–Crippen LogP) is 6.18. The Labute approximate surface area is 273 Å². The van der Waals surface area contributed by atoms with Crippen LogP contribution in [0.1, 0.15) is 103 Å². The molecule has 0 spiro atoms. The SMILES string of the molecule is C=Cc1ccc(C[N+](C)(C)CCCCNC(=O)CC[C@@H](C)[C@H]2CC[C@H]3[C@@H]4[C@H](O)C[C@@H]5C[C@H](O)CC[C@]5(C)[C@H]4C[C@H](O)[C@]23C)cc1. The number of aliphatic hydroxyl groups is 3. The van der Waals surface area contributed by atoms with Crippen molar-refractivity contribution >= 4 is 12.0 Å². The third-order valence-corrected chi connectivity index (χ3v) is 13.7. The van der Waals surface area contributed by atoms with Crippen molar-refractivity contribution in [2.45, 2.75) is 116 Å². The van der Waals surface area contributed by atoms with E-state index in [0.29, 0.717) is 36.0 Å². The van der Waals surface area contributed by atoms with Crippen molar-refractivity contribution in [3.63, 3.8) is 0 Å². The van der Waals surface area contributed by atoms with Crippen LogP contribution in [0.3, 0.4) is 0 Å². The predicted molar refractivity (Wildman–Crippen MR) is 182 cm³/mol. The van der Waals surface area contributed by atoms with E-state index in [4.69, 9.17) is 0 Å². The second-order valence-electron chi connectivity index (χ2n) is 16.9. The van der Waals surface area contributed by atoms with Crippen molar-refractivity contribution in [1.29, 1.82) is 0 Å². The standard InChI is InChI=1S/C39H62N2O4/c1-7-27-11-13-28(14-12-27)25-41(5,6)21-9-8-20-40-36(45)17-10-26(2)31-15-16-32-37-33(24-35(44)39(31,32)4)38(3)19-18-30(42)22-29(38)23-34(37)43/h7,11-14,26,29-35,37,42-44H,1,8-10,15-25H2,2-6H3/p+1/t26-,29+,30-,31-,32+,33+,34-,35+,37+,38+,39-/m1/s1. The molecule has 1 amide bonds. The molecule has 0 bridgehead atoms. The number of amides is 1. The molecule has 4 aliphatic carbocycles. The number of rotatable bonds is 12. The molecular weight excluding hydrogens is 560 g/mol. The Balaban J connectivity index is 1.07. The van der Waals surface area contributed by atoms with Gasteiger partial charge in [-0.25, -0.2) is 0 Å². The fourth-order valence-electron chi connectivity index (χ4n) is 11.0. The zero-order valence-corrected chi connectivity index (χ0v) is 28.9. The first-order valence-corrected chi connectivity index (χ1v) is 18.1. The monoisotopic (exact) mass is 623 g/mol. The molecule has 4 aliphatic rings. The Morgan fingerprint density at radius 1 is 1.04 bits per heavy atom. The summed E-state index contributed by atoms with van der Waals surface area (Å²) in [5.41, 5.74) is 2.36. The third kappa shape index (κ3) is 7.10. The second-order valence-corrected chi connectivity index (χ2v) is 16.9. The van der Waals surface area contributed by atoms with E-state index in [1.807, 2.05) is 6.08 Å². The van der Waals surface area contributed by atoms with Crippen LogP contribution in [-0.4, -0.2) is 71.2 Å². The van der Waals surface area contributed by atoms with Gasteiger partial charge in [-0.1, -0.05) is 57.7 Å². The lowest BCUT2D eigenvalue weighted by Crippen LogP contribution is -2.62. The number of fused-ring (bicyclic) bond motifs is 5. The van der Waals surface area contributed by atoms with Gasteiger partial charge in [0, 0.05) is 18.5 Å². The zero-order valence-electron chi connectivity index (χ0n) is 28.9. The number of aliphatic hydroxyl groups excluding tert-OH is 3. The maximum Gasteiger partial charge on any atom is 0.220 e. The number of nitrogens with one attached hydrogen (secondary N) is 1. The molecule has 0 unspecified atom stereocenters. The molecule has 252 valence electrons. The molecule has 6 nitrogen and oxygen atoms in total. The van der Waals surface area contributed by atoms with E-state index in [-0.39, 0.29) is 41.0 Å². The summed E-state index contributed by atoms with van der Waals surface area (Å²) in [5.74, 6) is 2.07. The lowest BCUT2D eigenvalue weighted by molar-refractivity contribution is -0.903. The van der Waals surface area contributed by atoms with Crippen molar-refractivity contribution in [3.8, 4) is 0 Å². The summed E-state index contributed by atoms with van der Waals surface area (Å²) in [7, 11) is 4.54. The fourth-order valence-corrected chi connectivity index (χ4v) is 11.0. The van der Waals surface area contributed by atoms with Crippen molar-refractivity contribution in [1.82, 2.24) is 5.32 Å². The smallest absolute Gasteiger partial charge is 0.220 e. The number of nitrogens with zero attached hydrogens (tertiary/aromatic N) is 1. The number of hydrogen-bond donors (Lipinski definition) is 4. The fraction of sp³-hybridized carbons (Fsp3) is 0.769. The summed E-state index contributed by atoms with van der Waals surface area (Å²) >= 11 is 0. The number of carbonyl (C=O) groups excluding carboxylic acids is 1. The van der Waals surface area contributed by atoms with Crippen LogP contribution < -0.4 is 5.32 Å². The van der Waals surface area contributed by atoms with E-state index in [9.17, 15) is 20.1 Å². The van der Waals surface area contributed by atoms with Gasteiger partial charge >= 0.3 is 0 Å². The quantitative estimate of drug-likeness (QED) is 0.165. The van der Waals surface area contributed by atoms with Gasteiger partial charge in [-0.3, -0.25) is 4.79 Å². The minimum atomic E-state index is -0.378. The summed E-state index contributed by atoms with van der Waals surface area (Å²) in [6, 6.07) is 8.62. The first-order valence-electron chi connectivity index (χ1n) is 18.1. The maximum atomic E-state index is 12.8. The number of hydrogen-bond acceptors (Lipinski definition) is 4. The molecule has 6 heteroatoms. The summed E-state index contributed by atoms with van der Waals surface area (Å²) in [4.78, 5) is 12.8. The number of unbranched alkanes of at least 4 members (excludes halogenated alkanes) is 1. The van der Waals surface area contributed by atoms with Gasteiger partial charge < -0.3 is 25.1 Å². The van der Waals surface area contributed by atoms with Gasteiger partial charge in [0.15, 0.2) is 0 Å². The Morgan fingerprint density at radius 2 is 1.78 bits per heavy atom. The molecule has 0 heterocycles. The van der Waals surface area contributed by atoms with Crippen LogP contribution in [0.4, 0.5) is 0 Å². The van der Waals surface area contributed by atoms with E-state index in [0.717, 1.165) is 93.9 Å². The molecule has 1 aromatic carbocycles. The highest BCUT2D eigenvalue weighted by molar-refractivity contribution is 5.75. The highest BCUT2D eigenvalue weighted by atomic mass is 16.3. The van der Waals surface area contributed by atoms with Gasteiger partial charge in [0.1, 0.15) is 6.54 Å². The molecule has 45 heavy (non-hydrogen) atoms. The molecule has 4 fully saturated rings. The largest absolute Gasteiger partial charge is 0.393 e. The average molecular weight is 624 g/mol. The summed E-state index contributed by atoms with van der Waals surface area (Å²) < 4.78 is 0.924. The van der Waals surface area contributed by atoms with Crippen LogP contribution in [0.2, 0.25) is 0 Å². The number of benzene rings is 1. The molecule has 1 aromatic rings. The molecule has 0 aromatic heterocycles. The van der Waals surface area contributed by atoms with Gasteiger partial charge in [0.25, 0.3) is 0 Å². The lowest BCUT2D eigenvalue weighted by atomic mass is 9.43. The molecule has 0 saturated heterocycles. The second kappa shape index (κ2) is 13.8. The highest BCUT2D eigenvalue weighted by Crippen LogP contribution is 2.68. The first-order chi connectivity index (χ1) is 21.3. The van der Waals surface area contributed by atoms with Crippen LogP contribution in [0, 0.1) is 46.3 Å². The Morgan fingerprint density at radius 3 is 2.49 bits per heavy atom. The van der Waals surface area contributed by atoms with Crippen LogP contribution in [0.25, 0.3) is 6.08 Å². The zero-order chi connectivity index (χ0) is 32.6. The molecule has 11 atom stereocenters. The average Bonchev–Trinajstić information content (AvgIpc) is 3.35. The van der Waals surface area contributed by atoms with E-state index >= 15 is 0 Å². The van der Waals surface area contributed by atoms with Gasteiger partial charge in [0.2, 0.25) is 5.91 Å². The maximum absolute atomic E-state index is 12.8. The Kier molecular flexibility index (Phi) is 10.6. The van der Waals surface area contributed by atoms with Crippen molar-refractivity contribution < 1.29 is 24.6 Å². The topological polar surface area (TPSA) is 89.8 Å². The van der Waals surface area contributed by atoms with E-state index in [1.54, 1.807) is 0 Å². The van der Waals surface area contributed by atoms with Gasteiger partial charge in [-0.05, 0) is 116 Å². The van der Waals surface area contributed by atoms with E-state index in [2.05, 4.69) is 71.0 Å². The first kappa shape index (κ1) is 34.6. The minimum Gasteiger partial charge on any atom is -0.393 e. The van der Waals surface area contributed by atoms with Gasteiger partial charge in [-0.2, -0.15) is 0 Å². The minimum absolute atomic E-state index is 0.0970. The van der Waals surface area contributed by atoms with Gasteiger partial charge in [0.05, 0.1) is 39.0 Å². The normalized spacial score (nSPS) is 38.5. The van der Waals surface area contributed by atoms with Crippen LogP contribution in [-0.2, 0) is 11.3 Å². The molecule has 4 saturated carbocycles. The van der Waals surface area contributed by atoms with Crippen molar-refractivity contribution in [3.05, 3.63) is 42.0 Å². The summed E-state index contributed by atoms with van der Waals surface area (Å²) in [6.07, 6.45) is 10.7. The van der Waals surface area contributed by atoms with Crippen LogP contribution in [0.15, 0.2) is 30.8 Å². The Bertz CT molecular complexity index is 1170. The molecule has 0 radical (unpaired) electrons. The third-order valence-electron chi connectivity index (χ3n) is 13.7. The number of carbonyl (C=O) groups is 1. The van der Waals surface area contributed by atoms with Crippen molar-refractivity contribution in [2.75, 3.05) is 27.2 Å². The van der Waals surface area contributed by atoms with Crippen LogP contribution in [0.5, 0.6) is 0 Å². The summed E-state index contributed by atoms with van der Waals surface area (Å²) in [5, 5.41) is 36.9. The molecule has 4 N–H and O–H groups in total. The number of quaternary nitrogens is 1. The highest BCUT2D eigenvalue weighted by Gasteiger charge is 2.65. The molecular formula is C39H63N2O4+. The van der Waals surface area contributed by atoms with Gasteiger partial charge in [-0.15, -0.1) is 0 Å². The van der Waals surface area contributed by atoms with E-state index in [1.165, 1.54) is 5.56 Å². The lowest BCUT2D eigenvalue weighted by Gasteiger charge is -2.63. The molecule has 5 rings (SSSR count).